The van der Waals surface area contributed by atoms with Gasteiger partial charge < -0.3 is 16.0 Å². The highest BCUT2D eigenvalue weighted by atomic mass is 32.2. The van der Waals surface area contributed by atoms with Crippen LogP contribution < -0.4 is 16.0 Å². The lowest BCUT2D eigenvalue weighted by Crippen LogP contribution is -2.30. The van der Waals surface area contributed by atoms with Crippen molar-refractivity contribution in [1.82, 2.24) is 5.32 Å². The third-order valence-corrected chi connectivity index (χ3v) is 10.2. The molecule has 3 amide bonds. The number of nitrogens with one attached hydrogen (secondary N) is 3. The quantitative estimate of drug-likeness (QED) is 0.0958. The molecular weight excluding hydrogens is 695 g/mol. The van der Waals surface area contributed by atoms with Crippen molar-refractivity contribution in [3.63, 3.8) is 0 Å². The molecule has 1 atom stereocenters. The minimum atomic E-state index is -0.735. The number of carbonyl (C=O) groups is 5. The second kappa shape index (κ2) is 15.8. The van der Waals surface area contributed by atoms with E-state index in [0.29, 0.717) is 22.4 Å². The molecule has 6 aromatic rings. The summed E-state index contributed by atoms with van der Waals surface area (Å²) in [6, 6.07) is 44.0. The van der Waals surface area contributed by atoms with Gasteiger partial charge in [-0.05, 0) is 72.2 Å². The normalized spacial score (nSPS) is 12.6. The first kappa shape index (κ1) is 35.6. The van der Waals surface area contributed by atoms with Crippen LogP contribution in [0.5, 0.6) is 0 Å². The average Bonchev–Trinajstić information content (AvgIpc) is 3.20. The molecule has 1 unspecified atom stereocenters. The molecule has 0 aromatic heterocycles. The Balaban J connectivity index is 1.11. The molecule has 0 heterocycles. The molecule has 9 heteroatoms. The third-order valence-electron chi connectivity index (χ3n) is 8.93. The van der Waals surface area contributed by atoms with Crippen molar-refractivity contribution in [2.24, 2.45) is 0 Å². The summed E-state index contributed by atoms with van der Waals surface area (Å²) in [5.74, 6) is -1.90. The van der Waals surface area contributed by atoms with Gasteiger partial charge in [-0.3, -0.25) is 24.0 Å². The molecule has 0 aliphatic heterocycles. The summed E-state index contributed by atoms with van der Waals surface area (Å²) < 4.78 is 0. The van der Waals surface area contributed by atoms with Crippen molar-refractivity contribution in [2.75, 3.05) is 10.6 Å². The maximum atomic E-state index is 14.1. The second-order valence-corrected chi connectivity index (χ2v) is 13.7. The van der Waals surface area contributed by atoms with Gasteiger partial charge in [0.15, 0.2) is 11.6 Å². The van der Waals surface area contributed by atoms with Gasteiger partial charge >= 0.3 is 0 Å². The highest BCUT2D eigenvalue weighted by Crippen LogP contribution is 2.38. The number of hydrogen-bond acceptors (Lipinski definition) is 6. The predicted octanol–water partition coefficient (Wildman–Crippen LogP) is 8.65. The summed E-state index contributed by atoms with van der Waals surface area (Å²) in [5.41, 5.74) is 4.74. The molecule has 6 aromatic carbocycles. The SMILES string of the molecule is Cc1ccccc1/C=C(\NC(=O)c1ccccc1)C(=O)Nc1ccc(SC(C(=O)Nc2cccc3c2C(=O)c2ccccc2C3=O)c2ccccc2)cc1. The molecule has 0 bridgehead atoms. The summed E-state index contributed by atoms with van der Waals surface area (Å²) in [7, 11) is 0. The first-order valence-corrected chi connectivity index (χ1v) is 18.0. The topological polar surface area (TPSA) is 121 Å². The molecule has 3 N–H and O–H groups in total. The van der Waals surface area contributed by atoms with Gasteiger partial charge in [-0.1, -0.05) is 109 Å². The molecule has 54 heavy (non-hydrogen) atoms. The Morgan fingerprint density at radius 1 is 0.611 bits per heavy atom. The molecule has 7 rings (SSSR count). The summed E-state index contributed by atoms with van der Waals surface area (Å²) in [4.78, 5) is 68.4. The number of anilines is 2. The second-order valence-electron chi connectivity index (χ2n) is 12.5. The van der Waals surface area contributed by atoms with Gasteiger partial charge in [0.05, 0.1) is 11.3 Å². The zero-order valence-electron chi connectivity index (χ0n) is 29.0. The molecule has 0 fully saturated rings. The van der Waals surface area contributed by atoms with E-state index >= 15 is 0 Å². The van der Waals surface area contributed by atoms with Crippen LogP contribution >= 0.6 is 11.8 Å². The van der Waals surface area contributed by atoms with Crippen LogP contribution in [0, 0.1) is 6.92 Å². The number of aryl methyl sites for hydroxylation is 1. The van der Waals surface area contributed by atoms with E-state index < -0.39 is 17.1 Å². The maximum Gasteiger partial charge on any atom is 0.272 e. The van der Waals surface area contributed by atoms with E-state index in [4.69, 9.17) is 0 Å². The van der Waals surface area contributed by atoms with Crippen LogP contribution in [0.25, 0.3) is 6.08 Å². The number of carbonyl (C=O) groups excluding carboxylic acids is 5. The van der Waals surface area contributed by atoms with E-state index in [9.17, 15) is 24.0 Å². The van der Waals surface area contributed by atoms with Gasteiger partial charge in [0, 0.05) is 32.8 Å². The number of amides is 3. The Bertz CT molecular complexity index is 2440. The summed E-state index contributed by atoms with van der Waals surface area (Å²) >= 11 is 1.29. The van der Waals surface area contributed by atoms with Crippen LogP contribution in [0.15, 0.2) is 162 Å². The van der Waals surface area contributed by atoms with Gasteiger partial charge in [-0.25, -0.2) is 0 Å². The van der Waals surface area contributed by atoms with Crippen molar-refractivity contribution in [3.05, 3.63) is 202 Å². The highest BCUT2D eigenvalue weighted by Gasteiger charge is 2.33. The lowest BCUT2D eigenvalue weighted by molar-refractivity contribution is -0.116. The van der Waals surface area contributed by atoms with Crippen LogP contribution in [0.3, 0.4) is 0 Å². The highest BCUT2D eigenvalue weighted by molar-refractivity contribution is 8.00. The molecule has 8 nitrogen and oxygen atoms in total. The van der Waals surface area contributed by atoms with Gasteiger partial charge in [0.1, 0.15) is 10.9 Å². The van der Waals surface area contributed by atoms with E-state index in [2.05, 4.69) is 16.0 Å². The zero-order valence-corrected chi connectivity index (χ0v) is 29.9. The number of benzene rings is 6. The molecule has 0 saturated carbocycles. The summed E-state index contributed by atoms with van der Waals surface area (Å²) in [6.45, 7) is 1.92. The van der Waals surface area contributed by atoms with Crippen LogP contribution in [-0.4, -0.2) is 29.3 Å². The van der Waals surface area contributed by atoms with Crippen molar-refractivity contribution in [1.29, 1.82) is 0 Å². The van der Waals surface area contributed by atoms with Crippen LogP contribution in [0.1, 0.15) is 64.1 Å². The molecule has 0 radical (unpaired) electrons. The molecule has 0 spiro atoms. The Kier molecular flexibility index (Phi) is 10.4. The standard InChI is InChI=1S/C45H33N3O5S/c1-28-13-8-9-18-31(28)27-38(48-43(51)30-16-6-3-7-17-30)44(52)46-32-23-25-33(26-24-32)54-42(29-14-4-2-5-15-29)45(53)47-37-22-12-21-36-39(37)41(50)35-20-11-10-19-34(35)40(36)49/h2-27,42H,1H3,(H,46,52)(H,47,53)(H,48,51)/b38-27-. The molecule has 264 valence electrons. The lowest BCUT2D eigenvalue weighted by Gasteiger charge is -2.22. The van der Waals surface area contributed by atoms with Gasteiger partial charge in [-0.15, -0.1) is 11.8 Å². The van der Waals surface area contributed by atoms with Gasteiger partial charge in [0.2, 0.25) is 5.91 Å². The average molecular weight is 728 g/mol. The zero-order chi connectivity index (χ0) is 37.6. The molecular formula is C45H33N3O5S. The molecule has 1 aliphatic rings. The Labute approximate surface area is 316 Å². The predicted molar refractivity (Wildman–Crippen MR) is 212 cm³/mol. The minimum absolute atomic E-state index is 0.0733. The number of thioether (sulfide) groups is 1. The number of fused-ring (bicyclic) bond motifs is 2. The summed E-state index contributed by atoms with van der Waals surface area (Å²) in [6.07, 6.45) is 1.64. The first-order valence-electron chi connectivity index (χ1n) is 17.2. The van der Waals surface area contributed by atoms with E-state index in [-0.39, 0.29) is 40.0 Å². The Morgan fingerprint density at radius 2 is 1.22 bits per heavy atom. The smallest absolute Gasteiger partial charge is 0.272 e. The third kappa shape index (κ3) is 7.67. The molecule has 0 saturated heterocycles. The van der Waals surface area contributed by atoms with Crippen molar-refractivity contribution >= 4 is 58.5 Å². The van der Waals surface area contributed by atoms with Gasteiger partial charge in [0.25, 0.3) is 11.8 Å². The maximum absolute atomic E-state index is 14.1. The van der Waals surface area contributed by atoms with Crippen molar-refractivity contribution in [3.8, 4) is 0 Å². The summed E-state index contributed by atoms with van der Waals surface area (Å²) in [5, 5.41) is 7.85. The van der Waals surface area contributed by atoms with Gasteiger partial charge in [-0.2, -0.15) is 0 Å². The number of hydrogen-bond donors (Lipinski definition) is 3. The first-order chi connectivity index (χ1) is 26.3. The largest absolute Gasteiger partial charge is 0.324 e. The minimum Gasteiger partial charge on any atom is -0.324 e. The number of ketones is 2. The van der Waals surface area contributed by atoms with Crippen LogP contribution in [-0.2, 0) is 9.59 Å². The Morgan fingerprint density at radius 3 is 1.93 bits per heavy atom. The van der Waals surface area contributed by atoms with Crippen LogP contribution in [0.2, 0.25) is 0 Å². The van der Waals surface area contributed by atoms with Crippen LogP contribution in [0.4, 0.5) is 11.4 Å². The van der Waals surface area contributed by atoms with E-state index in [0.717, 1.165) is 21.6 Å². The monoisotopic (exact) mass is 727 g/mol. The van der Waals surface area contributed by atoms with Crippen molar-refractivity contribution in [2.45, 2.75) is 17.1 Å². The molecule has 1 aliphatic carbocycles. The van der Waals surface area contributed by atoms with E-state index in [1.165, 1.54) is 11.8 Å². The Hall–Kier alpha value is -6.84. The van der Waals surface area contributed by atoms with Crippen molar-refractivity contribution < 1.29 is 24.0 Å². The van der Waals surface area contributed by atoms with E-state index in [1.54, 1.807) is 97.1 Å². The van der Waals surface area contributed by atoms with E-state index in [1.807, 2.05) is 67.6 Å². The lowest BCUT2D eigenvalue weighted by atomic mass is 9.83. The number of rotatable bonds is 10. The fourth-order valence-electron chi connectivity index (χ4n) is 6.15. The fraction of sp³-hybridized carbons (Fsp3) is 0.0444. The fourth-order valence-corrected chi connectivity index (χ4v) is 7.17.